The summed E-state index contributed by atoms with van der Waals surface area (Å²) in [7, 11) is 0. The largest absolute Gasteiger partial charge is 0.295 e. The third kappa shape index (κ3) is 4.19. The van der Waals surface area contributed by atoms with Crippen LogP contribution in [0.25, 0.3) is 11.4 Å². The molecule has 1 aliphatic rings. The summed E-state index contributed by atoms with van der Waals surface area (Å²) in [4.78, 5) is 29.1. The highest BCUT2D eigenvalue weighted by Gasteiger charge is 2.26. The maximum absolute atomic E-state index is 13.1. The highest BCUT2D eigenvalue weighted by Crippen LogP contribution is 2.23. The molecule has 0 saturated heterocycles. The first-order valence-electron chi connectivity index (χ1n) is 8.88. The van der Waals surface area contributed by atoms with Gasteiger partial charge in [-0.25, -0.2) is 9.40 Å². The summed E-state index contributed by atoms with van der Waals surface area (Å²) in [5.41, 5.74) is 2.50. The standard InChI is InChI=1S/C20H16FN5O2S/c1-12-3-2-4-15(11-12)26-17(27)10-9-16(24-26)19(28)23-20-22-18(25-29-20)13-5-7-14(21)8-6-13/h2-8,11H,9-10H2,1H3,(H,22,23,25,28). The molecule has 4 rings (SSSR count). The lowest BCUT2D eigenvalue weighted by Crippen LogP contribution is -2.36. The van der Waals surface area contributed by atoms with Gasteiger partial charge >= 0.3 is 0 Å². The van der Waals surface area contributed by atoms with Crippen LogP contribution >= 0.6 is 11.5 Å². The van der Waals surface area contributed by atoms with Gasteiger partial charge in [-0.1, -0.05) is 12.1 Å². The van der Waals surface area contributed by atoms with Gasteiger partial charge in [-0.05, 0) is 48.9 Å². The number of aromatic nitrogens is 2. The van der Waals surface area contributed by atoms with Crippen LogP contribution in [0.5, 0.6) is 0 Å². The Morgan fingerprint density at radius 3 is 2.72 bits per heavy atom. The molecule has 7 nitrogen and oxygen atoms in total. The smallest absolute Gasteiger partial charge is 0.273 e. The van der Waals surface area contributed by atoms with Gasteiger partial charge in [0.1, 0.15) is 11.5 Å². The van der Waals surface area contributed by atoms with Crippen molar-refractivity contribution in [3.05, 3.63) is 59.9 Å². The van der Waals surface area contributed by atoms with Gasteiger partial charge < -0.3 is 0 Å². The molecule has 146 valence electrons. The fourth-order valence-corrected chi connectivity index (χ4v) is 3.42. The van der Waals surface area contributed by atoms with Crippen LogP contribution in [0.2, 0.25) is 0 Å². The summed E-state index contributed by atoms with van der Waals surface area (Å²) in [6.07, 6.45) is 0.438. The molecule has 9 heteroatoms. The average molecular weight is 409 g/mol. The van der Waals surface area contributed by atoms with Crippen LogP contribution in [-0.2, 0) is 9.59 Å². The van der Waals surface area contributed by atoms with E-state index in [-0.39, 0.29) is 30.3 Å². The predicted octanol–water partition coefficient (Wildman–Crippen LogP) is 3.77. The number of hydrazone groups is 1. The molecule has 2 amide bonds. The van der Waals surface area contributed by atoms with Gasteiger partial charge in [0, 0.05) is 29.9 Å². The molecule has 0 radical (unpaired) electrons. The van der Waals surface area contributed by atoms with Crippen molar-refractivity contribution in [2.45, 2.75) is 19.8 Å². The summed E-state index contributed by atoms with van der Waals surface area (Å²) in [5.74, 6) is -0.549. The highest BCUT2D eigenvalue weighted by molar-refractivity contribution is 7.10. The molecule has 0 aliphatic carbocycles. The molecule has 0 saturated carbocycles. The van der Waals surface area contributed by atoms with E-state index in [1.54, 1.807) is 18.2 Å². The van der Waals surface area contributed by atoms with Gasteiger partial charge in [0.05, 0.1) is 5.69 Å². The summed E-state index contributed by atoms with van der Waals surface area (Å²) >= 11 is 1.02. The first-order chi connectivity index (χ1) is 14.0. The van der Waals surface area contributed by atoms with Crippen molar-refractivity contribution in [2.24, 2.45) is 5.10 Å². The van der Waals surface area contributed by atoms with Crippen molar-refractivity contribution in [3.8, 4) is 11.4 Å². The van der Waals surface area contributed by atoms with Gasteiger partial charge in [-0.3, -0.25) is 14.9 Å². The van der Waals surface area contributed by atoms with Crippen LogP contribution in [0.1, 0.15) is 18.4 Å². The molecular formula is C20H16FN5O2S. The number of anilines is 2. The number of halogens is 1. The first-order valence-corrected chi connectivity index (χ1v) is 9.65. The number of nitrogens with zero attached hydrogens (tertiary/aromatic N) is 4. The Balaban J connectivity index is 1.51. The second-order valence-corrected chi connectivity index (χ2v) is 7.23. The van der Waals surface area contributed by atoms with Crippen molar-refractivity contribution in [3.63, 3.8) is 0 Å². The van der Waals surface area contributed by atoms with E-state index in [9.17, 15) is 14.0 Å². The van der Waals surface area contributed by atoms with Crippen LogP contribution in [0.15, 0.2) is 53.6 Å². The van der Waals surface area contributed by atoms with Gasteiger partial charge in [-0.15, -0.1) is 0 Å². The van der Waals surface area contributed by atoms with E-state index < -0.39 is 5.91 Å². The van der Waals surface area contributed by atoms with E-state index in [0.717, 1.165) is 17.1 Å². The number of aryl methyl sites for hydroxylation is 1. The number of carbonyl (C=O) groups excluding carboxylic acids is 2. The summed E-state index contributed by atoms with van der Waals surface area (Å²) in [6.45, 7) is 1.92. The number of benzene rings is 2. The molecule has 1 aromatic heterocycles. The van der Waals surface area contributed by atoms with E-state index in [1.807, 2.05) is 25.1 Å². The molecule has 2 aromatic carbocycles. The lowest BCUT2D eigenvalue weighted by molar-refractivity contribution is -0.118. The third-order valence-electron chi connectivity index (χ3n) is 4.29. The van der Waals surface area contributed by atoms with Crippen LogP contribution in [0.4, 0.5) is 15.2 Å². The second-order valence-electron chi connectivity index (χ2n) is 6.48. The maximum atomic E-state index is 13.1. The normalized spacial score (nSPS) is 13.9. The molecule has 0 spiro atoms. The third-order valence-corrected chi connectivity index (χ3v) is 4.92. The lowest BCUT2D eigenvalue weighted by Gasteiger charge is -2.23. The van der Waals surface area contributed by atoms with Crippen molar-refractivity contribution in [1.82, 2.24) is 9.36 Å². The highest BCUT2D eigenvalue weighted by atomic mass is 32.1. The van der Waals surface area contributed by atoms with Crippen LogP contribution in [0, 0.1) is 12.7 Å². The SMILES string of the molecule is Cc1cccc(N2N=C(C(=O)Nc3nc(-c4ccc(F)cc4)ns3)CCC2=O)c1. The van der Waals surface area contributed by atoms with Crippen molar-refractivity contribution < 1.29 is 14.0 Å². The van der Waals surface area contributed by atoms with Gasteiger partial charge in [0.2, 0.25) is 11.0 Å². The van der Waals surface area contributed by atoms with E-state index in [4.69, 9.17) is 0 Å². The number of carbonyl (C=O) groups is 2. The first kappa shape index (κ1) is 18.9. The average Bonchev–Trinajstić information content (AvgIpc) is 3.17. The Labute approximate surface area is 170 Å². The van der Waals surface area contributed by atoms with E-state index >= 15 is 0 Å². The monoisotopic (exact) mass is 409 g/mol. The topological polar surface area (TPSA) is 87.6 Å². The molecule has 0 atom stereocenters. The minimum atomic E-state index is -0.433. The van der Waals surface area contributed by atoms with Crippen LogP contribution in [-0.4, -0.2) is 26.9 Å². The molecule has 0 bridgehead atoms. The molecule has 1 N–H and O–H groups in total. The summed E-state index contributed by atoms with van der Waals surface area (Å²) < 4.78 is 17.2. The van der Waals surface area contributed by atoms with E-state index in [1.165, 1.54) is 17.1 Å². The minimum Gasteiger partial charge on any atom is -0.295 e. The fraction of sp³-hybridized carbons (Fsp3) is 0.150. The Hall–Kier alpha value is -3.46. The lowest BCUT2D eigenvalue weighted by atomic mass is 10.1. The van der Waals surface area contributed by atoms with Crippen LogP contribution < -0.4 is 10.3 Å². The molecular weight excluding hydrogens is 393 g/mol. The Bertz CT molecular complexity index is 1110. The molecule has 1 aliphatic heterocycles. The van der Waals surface area contributed by atoms with Crippen molar-refractivity contribution >= 4 is 39.9 Å². The summed E-state index contributed by atoms with van der Waals surface area (Å²) in [5, 5.41) is 8.48. The molecule has 0 fully saturated rings. The molecule has 29 heavy (non-hydrogen) atoms. The van der Waals surface area contributed by atoms with E-state index in [2.05, 4.69) is 19.8 Å². The Kier molecular flexibility index (Phi) is 5.13. The van der Waals surface area contributed by atoms with Crippen molar-refractivity contribution in [1.29, 1.82) is 0 Å². The Morgan fingerprint density at radius 1 is 1.17 bits per heavy atom. The fourth-order valence-electron chi connectivity index (χ4n) is 2.84. The minimum absolute atomic E-state index is 0.165. The summed E-state index contributed by atoms with van der Waals surface area (Å²) in [6, 6.07) is 13.1. The van der Waals surface area contributed by atoms with E-state index in [0.29, 0.717) is 22.2 Å². The second kappa shape index (κ2) is 7.88. The quantitative estimate of drug-likeness (QED) is 0.710. The number of nitrogens with one attached hydrogen (secondary N) is 1. The number of hydrogen-bond acceptors (Lipinski definition) is 6. The zero-order chi connectivity index (χ0) is 20.4. The molecule has 2 heterocycles. The maximum Gasteiger partial charge on any atom is 0.273 e. The van der Waals surface area contributed by atoms with Gasteiger partial charge in [0.25, 0.3) is 5.91 Å². The zero-order valence-corrected chi connectivity index (χ0v) is 16.2. The van der Waals surface area contributed by atoms with Gasteiger partial charge in [0.15, 0.2) is 5.82 Å². The number of hydrogen-bond donors (Lipinski definition) is 1. The zero-order valence-electron chi connectivity index (χ0n) is 15.4. The predicted molar refractivity (Wildman–Crippen MR) is 109 cm³/mol. The molecule has 3 aromatic rings. The molecule has 0 unspecified atom stereocenters. The number of amides is 2. The number of rotatable bonds is 4. The van der Waals surface area contributed by atoms with Crippen LogP contribution in [0.3, 0.4) is 0 Å². The van der Waals surface area contributed by atoms with Gasteiger partial charge in [-0.2, -0.15) is 14.5 Å². The Morgan fingerprint density at radius 2 is 1.97 bits per heavy atom. The van der Waals surface area contributed by atoms with Crippen molar-refractivity contribution in [2.75, 3.05) is 10.3 Å².